The molecule has 3 rings (SSSR count). The van der Waals surface area contributed by atoms with Gasteiger partial charge in [0.25, 0.3) is 0 Å². The van der Waals surface area contributed by atoms with Crippen molar-refractivity contribution >= 4 is 12.1 Å². The predicted molar refractivity (Wildman–Crippen MR) is 121 cm³/mol. The zero-order valence-corrected chi connectivity index (χ0v) is 19.1. The molecule has 3 aromatic rings. The lowest BCUT2D eigenvalue weighted by atomic mass is 10.1. The number of hydrogen-bond donors (Lipinski definition) is 0. The van der Waals surface area contributed by atoms with Gasteiger partial charge < -0.3 is 19.1 Å². The number of benzene rings is 2. The first kappa shape index (κ1) is 23.8. The Kier molecular flexibility index (Phi) is 8.40. The number of nitrogens with zero attached hydrogens (tertiary/aromatic N) is 4. The van der Waals surface area contributed by atoms with Gasteiger partial charge in [0.15, 0.2) is 0 Å². The number of carbonyl (C=O) groups is 2. The van der Waals surface area contributed by atoms with Gasteiger partial charge in [0, 0.05) is 26.2 Å². The summed E-state index contributed by atoms with van der Waals surface area (Å²) in [6.45, 7) is 2.85. The fraction of sp³-hybridized carbons (Fsp3) is 0.333. The first-order chi connectivity index (χ1) is 16.0. The Morgan fingerprint density at radius 3 is 2.45 bits per heavy atom. The van der Waals surface area contributed by atoms with Crippen LogP contribution in [0, 0.1) is 0 Å². The maximum absolute atomic E-state index is 12.4. The molecule has 9 heteroatoms. The van der Waals surface area contributed by atoms with E-state index in [4.69, 9.17) is 14.2 Å². The Labute approximate surface area is 192 Å². The summed E-state index contributed by atoms with van der Waals surface area (Å²) in [4.78, 5) is 25.4. The number of ether oxygens (including phenoxy) is 3. The average molecular weight is 453 g/mol. The summed E-state index contributed by atoms with van der Waals surface area (Å²) in [5, 5.41) is 8.29. The highest BCUT2D eigenvalue weighted by Crippen LogP contribution is 2.24. The zero-order chi connectivity index (χ0) is 23.6. The van der Waals surface area contributed by atoms with Crippen LogP contribution in [0.15, 0.2) is 54.6 Å². The van der Waals surface area contributed by atoms with Gasteiger partial charge in [0.1, 0.15) is 23.7 Å². The molecule has 9 nitrogen and oxygen atoms in total. The fourth-order valence-electron chi connectivity index (χ4n) is 3.12. The summed E-state index contributed by atoms with van der Waals surface area (Å²) in [5.74, 6) is 0.338. The van der Waals surface area contributed by atoms with Crippen molar-refractivity contribution in [1.29, 1.82) is 0 Å². The lowest BCUT2D eigenvalue weighted by molar-refractivity contribution is -0.143. The van der Waals surface area contributed by atoms with Crippen molar-refractivity contribution in [2.24, 2.45) is 7.05 Å². The molecule has 0 aliphatic rings. The smallest absolute Gasteiger partial charge is 0.410 e. The predicted octanol–water partition coefficient (Wildman–Crippen LogP) is 3.58. The molecule has 174 valence electrons. The molecule has 0 bridgehead atoms. The van der Waals surface area contributed by atoms with Crippen LogP contribution in [0.3, 0.4) is 0 Å². The highest BCUT2D eigenvalue weighted by atomic mass is 16.6. The zero-order valence-electron chi connectivity index (χ0n) is 19.1. The Balaban J connectivity index is 1.57. The van der Waals surface area contributed by atoms with E-state index in [1.807, 2.05) is 42.5 Å². The van der Waals surface area contributed by atoms with E-state index in [1.165, 1.54) is 4.90 Å². The first-order valence-corrected chi connectivity index (χ1v) is 10.7. The molecule has 2 aromatic carbocycles. The maximum atomic E-state index is 12.4. The molecule has 1 amide bonds. The second-order valence-corrected chi connectivity index (χ2v) is 7.33. The quantitative estimate of drug-likeness (QED) is 0.434. The minimum atomic E-state index is -0.434. The molecular formula is C24H28N4O5. The molecule has 0 saturated heterocycles. The number of carbonyl (C=O) groups excluding carboxylic acids is 2. The molecule has 0 aliphatic carbocycles. The Bertz CT molecular complexity index is 1050. The number of aryl methyl sites for hydroxylation is 1. The largest absolute Gasteiger partial charge is 0.493 e. The second kappa shape index (κ2) is 11.7. The monoisotopic (exact) mass is 452 g/mol. The molecule has 0 spiro atoms. The second-order valence-electron chi connectivity index (χ2n) is 7.33. The van der Waals surface area contributed by atoms with E-state index in [-0.39, 0.29) is 25.6 Å². The van der Waals surface area contributed by atoms with Gasteiger partial charge in [-0.15, -0.1) is 5.10 Å². The van der Waals surface area contributed by atoms with Crippen LogP contribution < -0.4 is 4.74 Å². The summed E-state index contributed by atoms with van der Waals surface area (Å²) in [6.07, 6.45) is -0.245. The minimum Gasteiger partial charge on any atom is -0.493 e. The van der Waals surface area contributed by atoms with Gasteiger partial charge in [-0.25, -0.2) is 9.48 Å². The van der Waals surface area contributed by atoms with E-state index in [1.54, 1.807) is 37.8 Å². The van der Waals surface area contributed by atoms with Gasteiger partial charge in [-0.1, -0.05) is 35.5 Å². The summed E-state index contributed by atoms with van der Waals surface area (Å²) in [5.41, 5.74) is 3.12. The molecule has 0 unspecified atom stereocenters. The van der Waals surface area contributed by atoms with E-state index in [0.717, 1.165) is 11.1 Å². The Hall–Kier alpha value is -3.88. The SMILES string of the molecule is CCOC(=O)CCOc1ccc(-c2nnn(C)c2COC(=O)N(C)Cc2ccccc2)cc1. The minimum absolute atomic E-state index is 0.0363. The third-order valence-electron chi connectivity index (χ3n) is 4.86. The van der Waals surface area contributed by atoms with Crippen molar-refractivity contribution in [3.63, 3.8) is 0 Å². The summed E-state index contributed by atoms with van der Waals surface area (Å²) < 4.78 is 17.6. The summed E-state index contributed by atoms with van der Waals surface area (Å²) in [6, 6.07) is 17.0. The van der Waals surface area contributed by atoms with Crippen LogP contribution in [0.25, 0.3) is 11.3 Å². The van der Waals surface area contributed by atoms with Crippen LogP contribution in [0.5, 0.6) is 5.75 Å². The lowest BCUT2D eigenvalue weighted by Crippen LogP contribution is -2.27. The topological polar surface area (TPSA) is 95.8 Å². The van der Waals surface area contributed by atoms with Gasteiger partial charge in [-0.2, -0.15) is 0 Å². The van der Waals surface area contributed by atoms with E-state index in [2.05, 4.69) is 10.3 Å². The molecule has 33 heavy (non-hydrogen) atoms. The highest BCUT2D eigenvalue weighted by Gasteiger charge is 2.17. The number of hydrogen-bond acceptors (Lipinski definition) is 7. The standard InChI is InChI=1S/C24H28N4O5/c1-4-31-22(29)14-15-32-20-12-10-19(11-13-20)23-21(28(3)26-25-23)17-33-24(30)27(2)16-18-8-6-5-7-9-18/h5-13H,4,14-17H2,1-3H3. The maximum Gasteiger partial charge on any atom is 0.410 e. The van der Waals surface area contributed by atoms with Crippen LogP contribution >= 0.6 is 0 Å². The normalized spacial score (nSPS) is 10.5. The van der Waals surface area contributed by atoms with Crippen molar-refractivity contribution in [2.45, 2.75) is 26.5 Å². The molecule has 0 aliphatic heterocycles. The number of aromatic nitrogens is 3. The van der Waals surface area contributed by atoms with E-state index >= 15 is 0 Å². The van der Waals surface area contributed by atoms with Crippen LogP contribution in [0.1, 0.15) is 24.6 Å². The lowest BCUT2D eigenvalue weighted by Gasteiger charge is -2.17. The molecule has 1 aromatic heterocycles. The summed E-state index contributed by atoms with van der Waals surface area (Å²) >= 11 is 0. The molecule has 0 radical (unpaired) electrons. The van der Waals surface area contributed by atoms with Crippen molar-refractivity contribution in [1.82, 2.24) is 19.9 Å². The van der Waals surface area contributed by atoms with E-state index < -0.39 is 6.09 Å². The average Bonchev–Trinajstić information content (AvgIpc) is 3.19. The molecule has 0 atom stereocenters. The van der Waals surface area contributed by atoms with Gasteiger partial charge >= 0.3 is 12.1 Å². The third-order valence-corrected chi connectivity index (χ3v) is 4.86. The van der Waals surface area contributed by atoms with Crippen LogP contribution in [-0.2, 0) is 34.5 Å². The van der Waals surface area contributed by atoms with Gasteiger partial charge in [-0.3, -0.25) is 4.79 Å². The van der Waals surface area contributed by atoms with Gasteiger partial charge in [0.2, 0.25) is 0 Å². The van der Waals surface area contributed by atoms with Crippen LogP contribution in [0.2, 0.25) is 0 Å². The van der Waals surface area contributed by atoms with Gasteiger partial charge in [0.05, 0.1) is 19.6 Å². The molecule has 0 saturated carbocycles. The molecule has 0 N–H and O–H groups in total. The van der Waals surface area contributed by atoms with Crippen molar-refractivity contribution in [2.75, 3.05) is 20.3 Å². The van der Waals surface area contributed by atoms with Crippen molar-refractivity contribution in [3.05, 3.63) is 65.9 Å². The molecule has 1 heterocycles. The van der Waals surface area contributed by atoms with Crippen molar-refractivity contribution in [3.8, 4) is 17.0 Å². The van der Waals surface area contributed by atoms with Crippen LogP contribution in [0.4, 0.5) is 4.79 Å². The number of esters is 1. The Morgan fingerprint density at radius 1 is 1.03 bits per heavy atom. The highest BCUT2D eigenvalue weighted by molar-refractivity contribution is 5.69. The number of rotatable bonds is 10. The number of amides is 1. The third kappa shape index (κ3) is 6.80. The van der Waals surface area contributed by atoms with E-state index in [9.17, 15) is 9.59 Å². The molecule has 0 fully saturated rings. The first-order valence-electron chi connectivity index (χ1n) is 10.7. The molecular weight excluding hydrogens is 424 g/mol. The van der Waals surface area contributed by atoms with Crippen molar-refractivity contribution < 1.29 is 23.8 Å². The summed E-state index contributed by atoms with van der Waals surface area (Å²) in [7, 11) is 3.44. The van der Waals surface area contributed by atoms with E-state index in [0.29, 0.717) is 30.3 Å². The van der Waals surface area contributed by atoms with Gasteiger partial charge in [-0.05, 0) is 36.8 Å². The van der Waals surface area contributed by atoms with Crippen LogP contribution in [-0.4, -0.2) is 52.2 Å². The fourth-order valence-corrected chi connectivity index (χ4v) is 3.12. The Morgan fingerprint density at radius 2 is 1.76 bits per heavy atom.